The van der Waals surface area contributed by atoms with Crippen LogP contribution in [0.2, 0.25) is 0 Å². The predicted octanol–water partition coefficient (Wildman–Crippen LogP) is 4.30. The highest BCUT2D eigenvalue weighted by Gasteiger charge is 2.25. The number of hydrogen-bond donors (Lipinski definition) is 2. The van der Waals surface area contributed by atoms with Gasteiger partial charge in [0.05, 0.1) is 0 Å². The number of nitrogens with zero attached hydrogens (tertiary/aromatic N) is 3. The topological polar surface area (TPSA) is 88.9 Å². The van der Waals surface area contributed by atoms with Crippen molar-refractivity contribution in [1.29, 1.82) is 0 Å². The zero-order valence-electron chi connectivity index (χ0n) is 18.2. The molecule has 0 saturated heterocycles. The molecule has 7 nitrogen and oxygen atoms in total. The van der Waals surface area contributed by atoms with E-state index in [4.69, 9.17) is 0 Å². The zero-order valence-corrected chi connectivity index (χ0v) is 19.0. The van der Waals surface area contributed by atoms with E-state index < -0.39 is 6.03 Å². The van der Waals surface area contributed by atoms with Gasteiger partial charge in [0.2, 0.25) is 5.91 Å². The second-order valence-corrected chi connectivity index (χ2v) is 9.73. The number of carbonyl (C=O) groups is 2. The average molecular weight is 430 g/mol. The molecule has 0 aliphatic heterocycles. The Morgan fingerprint density at radius 3 is 2.40 bits per heavy atom. The molecule has 8 heteroatoms. The fourth-order valence-corrected chi connectivity index (χ4v) is 4.61. The van der Waals surface area contributed by atoms with Gasteiger partial charge in [-0.05, 0) is 23.8 Å². The van der Waals surface area contributed by atoms with Crippen molar-refractivity contribution in [2.45, 2.75) is 69.5 Å². The van der Waals surface area contributed by atoms with Gasteiger partial charge in [0, 0.05) is 30.8 Å². The van der Waals surface area contributed by atoms with E-state index in [1.54, 1.807) is 0 Å². The van der Waals surface area contributed by atoms with Crippen LogP contribution < -0.4 is 10.6 Å². The van der Waals surface area contributed by atoms with Crippen molar-refractivity contribution in [3.05, 3.63) is 29.8 Å². The summed E-state index contributed by atoms with van der Waals surface area (Å²) >= 11 is 1.52. The van der Waals surface area contributed by atoms with Crippen molar-refractivity contribution in [3.63, 3.8) is 0 Å². The van der Waals surface area contributed by atoms with Crippen molar-refractivity contribution in [1.82, 2.24) is 25.4 Å². The van der Waals surface area contributed by atoms with Crippen LogP contribution in [-0.2, 0) is 10.2 Å². The summed E-state index contributed by atoms with van der Waals surface area (Å²) in [5, 5.41) is 14.5. The van der Waals surface area contributed by atoms with Crippen molar-refractivity contribution >= 4 is 23.7 Å². The number of benzene rings is 1. The third-order valence-electron chi connectivity index (χ3n) is 5.40. The van der Waals surface area contributed by atoms with Gasteiger partial charge < -0.3 is 5.32 Å². The number of carbonyl (C=O) groups excluding carboxylic acids is 2. The highest BCUT2D eigenvalue weighted by molar-refractivity contribution is 7.99. The zero-order chi connectivity index (χ0) is 21.7. The molecular formula is C22H31N5O2S. The summed E-state index contributed by atoms with van der Waals surface area (Å²) in [5.41, 5.74) is 2.45. The van der Waals surface area contributed by atoms with Gasteiger partial charge >= 0.3 is 6.03 Å². The molecule has 0 unspecified atom stereocenters. The molecule has 2 N–H and O–H groups in total. The molecule has 30 heavy (non-hydrogen) atoms. The van der Waals surface area contributed by atoms with Gasteiger partial charge in [-0.3, -0.25) is 14.7 Å². The van der Waals surface area contributed by atoms with Crippen molar-refractivity contribution < 1.29 is 9.59 Å². The smallest absolute Gasteiger partial charge is 0.321 e. The number of thioether (sulfide) groups is 1. The van der Waals surface area contributed by atoms with E-state index in [1.807, 2.05) is 0 Å². The highest BCUT2D eigenvalue weighted by atomic mass is 32.2. The van der Waals surface area contributed by atoms with Gasteiger partial charge in [-0.25, -0.2) is 4.79 Å². The number of imide groups is 1. The molecule has 0 atom stereocenters. The van der Waals surface area contributed by atoms with Crippen molar-refractivity contribution in [3.8, 4) is 11.4 Å². The summed E-state index contributed by atoms with van der Waals surface area (Å²) in [6.07, 6.45) is 4.91. The van der Waals surface area contributed by atoms with E-state index in [2.05, 4.69) is 70.4 Å². The molecule has 1 aromatic heterocycles. The van der Waals surface area contributed by atoms with Crippen LogP contribution in [0.15, 0.2) is 29.4 Å². The van der Waals surface area contributed by atoms with E-state index in [0.29, 0.717) is 11.8 Å². The summed E-state index contributed by atoms with van der Waals surface area (Å²) in [4.78, 5) is 23.1. The van der Waals surface area contributed by atoms with Crippen LogP contribution in [0.4, 0.5) is 4.79 Å². The van der Waals surface area contributed by atoms with Gasteiger partial charge in [0.1, 0.15) is 0 Å². The number of amides is 3. The van der Waals surface area contributed by atoms with Gasteiger partial charge in [-0.2, -0.15) is 0 Å². The third kappa shape index (κ3) is 5.41. The normalized spacial score (nSPS) is 14.7. The Morgan fingerprint density at radius 2 is 1.80 bits per heavy atom. The minimum Gasteiger partial charge on any atom is -0.341 e. The number of urea groups is 1. The molecule has 2 aromatic rings. The Labute approximate surface area is 182 Å². The van der Waals surface area contributed by atoms with E-state index in [-0.39, 0.29) is 17.7 Å². The summed E-state index contributed by atoms with van der Waals surface area (Å²) < 4.78 is 2.25. The number of hydrogen-bond acceptors (Lipinski definition) is 5. The maximum Gasteiger partial charge on any atom is 0.321 e. The molecule has 1 aliphatic carbocycles. The number of nitrogens with one attached hydrogen (secondary N) is 2. The van der Waals surface area contributed by atoms with Crippen LogP contribution >= 0.6 is 11.8 Å². The van der Waals surface area contributed by atoms with Crippen LogP contribution in [0, 0.1) is 0 Å². The van der Waals surface area contributed by atoms with Gasteiger partial charge in [0.15, 0.2) is 11.0 Å². The minimum absolute atomic E-state index is 0.105. The SMILES string of the molecule is CNC(=O)NC(=O)CCSc1nnc(-c2ccc(C(C)(C)C)cc2)n1C1CCCC1. The molecular weight excluding hydrogens is 398 g/mol. The Morgan fingerprint density at radius 1 is 1.13 bits per heavy atom. The lowest BCUT2D eigenvalue weighted by Crippen LogP contribution is -2.37. The maximum absolute atomic E-state index is 11.9. The van der Waals surface area contributed by atoms with E-state index >= 15 is 0 Å². The summed E-state index contributed by atoms with van der Waals surface area (Å²) in [6.45, 7) is 6.62. The first kappa shape index (κ1) is 22.3. The third-order valence-corrected chi connectivity index (χ3v) is 6.35. The molecule has 1 fully saturated rings. The molecule has 1 aliphatic rings. The standard InChI is InChI=1S/C22H31N5O2S/c1-22(2,3)16-11-9-15(10-12-16)19-25-26-21(27(19)17-7-5-6-8-17)30-14-13-18(28)24-20(29)23-4/h9-12,17H,5-8,13-14H2,1-4H3,(H2,23,24,28,29). The van der Waals surface area contributed by atoms with Crippen molar-refractivity contribution in [2.24, 2.45) is 0 Å². The largest absolute Gasteiger partial charge is 0.341 e. The number of aromatic nitrogens is 3. The quantitative estimate of drug-likeness (QED) is 0.669. The summed E-state index contributed by atoms with van der Waals surface area (Å²) in [5.74, 6) is 1.13. The Bertz CT molecular complexity index is 880. The Balaban J connectivity index is 1.77. The lowest BCUT2D eigenvalue weighted by atomic mass is 9.86. The second kappa shape index (κ2) is 9.64. The molecule has 1 aromatic carbocycles. The number of rotatable bonds is 6. The first-order valence-electron chi connectivity index (χ1n) is 10.5. The van der Waals surface area contributed by atoms with Gasteiger partial charge in [-0.1, -0.05) is 69.6 Å². The molecule has 0 spiro atoms. The Hall–Kier alpha value is -2.35. The summed E-state index contributed by atoms with van der Waals surface area (Å²) in [6, 6.07) is 8.49. The van der Waals surface area contributed by atoms with E-state index in [0.717, 1.165) is 29.4 Å². The average Bonchev–Trinajstić information content (AvgIpc) is 3.36. The maximum atomic E-state index is 11.9. The summed E-state index contributed by atoms with van der Waals surface area (Å²) in [7, 11) is 1.48. The molecule has 3 amide bonds. The van der Waals surface area contributed by atoms with E-state index in [9.17, 15) is 9.59 Å². The highest BCUT2D eigenvalue weighted by Crippen LogP contribution is 2.37. The van der Waals surface area contributed by atoms with Crippen LogP contribution in [0.5, 0.6) is 0 Å². The predicted molar refractivity (Wildman–Crippen MR) is 120 cm³/mol. The molecule has 162 valence electrons. The second-order valence-electron chi connectivity index (χ2n) is 8.67. The molecule has 1 saturated carbocycles. The van der Waals surface area contributed by atoms with Crippen LogP contribution in [0.3, 0.4) is 0 Å². The monoisotopic (exact) mass is 429 g/mol. The van der Waals surface area contributed by atoms with Gasteiger partial charge in [-0.15, -0.1) is 10.2 Å². The Kier molecular flexibility index (Phi) is 7.18. The van der Waals surface area contributed by atoms with Crippen LogP contribution in [-0.4, -0.2) is 39.5 Å². The van der Waals surface area contributed by atoms with Crippen molar-refractivity contribution in [2.75, 3.05) is 12.8 Å². The minimum atomic E-state index is -0.486. The van der Waals surface area contributed by atoms with E-state index in [1.165, 1.54) is 37.2 Å². The molecule has 3 rings (SSSR count). The van der Waals surface area contributed by atoms with Gasteiger partial charge in [0.25, 0.3) is 0 Å². The fourth-order valence-electron chi connectivity index (χ4n) is 3.67. The molecule has 1 heterocycles. The first-order valence-corrected chi connectivity index (χ1v) is 11.5. The molecule has 0 radical (unpaired) electrons. The lowest BCUT2D eigenvalue weighted by molar-refractivity contribution is -0.119. The van der Waals surface area contributed by atoms with Crippen LogP contribution in [0.1, 0.15) is 64.5 Å². The fraction of sp³-hybridized carbons (Fsp3) is 0.545. The molecule has 0 bridgehead atoms. The lowest BCUT2D eigenvalue weighted by Gasteiger charge is -2.20. The first-order chi connectivity index (χ1) is 14.3. The van der Waals surface area contributed by atoms with Crippen LogP contribution in [0.25, 0.3) is 11.4 Å².